The van der Waals surface area contributed by atoms with Gasteiger partial charge in [0.2, 0.25) is 0 Å². The number of amides is 1. The molecule has 3 heterocycles. The molecule has 3 aromatic heterocycles. The fourth-order valence-corrected chi connectivity index (χ4v) is 2.69. The van der Waals surface area contributed by atoms with Crippen molar-refractivity contribution in [2.45, 2.75) is 13.0 Å². The summed E-state index contributed by atoms with van der Waals surface area (Å²) in [6, 6.07) is 12.6. The van der Waals surface area contributed by atoms with E-state index in [9.17, 15) is 4.79 Å². The van der Waals surface area contributed by atoms with Crippen LogP contribution in [0.4, 0.5) is 11.6 Å². The Labute approximate surface area is 160 Å². The fraction of sp³-hybridized carbons (Fsp3) is 0.158. The second-order valence-corrected chi connectivity index (χ2v) is 6.38. The lowest BCUT2D eigenvalue weighted by Crippen LogP contribution is -2.20. The van der Waals surface area contributed by atoms with Crippen LogP contribution in [0.5, 0.6) is 0 Å². The Morgan fingerprint density at radius 2 is 2.07 bits per heavy atom. The number of hydrogen-bond donors (Lipinski definition) is 5. The van der Waals surface area contributed by atoms with Gasteiger partial charge in [-0.25, -0.2) is 9.97 Å². The summed E-state index contributed by atoms with van der Waals surface area (Å²) in [5.41, 5.74) is 2.85. The van der Waals surface area contributed by atoms with E-state index in [2.05, 4.69) is 35.8 Å². The molecule has 0 unspecified atom stereocenters. The molecule has 28 heavy (non-hydrogen) atoms. The van der Waals surface area contributed by atoms with Crippen LogP contribution in [0, 0.1) is 0 Å². The van der Waals surface area contributed by atoms with Gasteiger partial charge in [0.1, 0.15) is 11.5 Å². The van der Waals surface area contributed by atoms with Gasteiger partial charge in [-0.05, 0) is 31.2 Å². The third kappa shape index (κ3) is 3.69. The van der Waals surface area contributed by atoms with E-state index in [0.29, 0.717) is 28.7 Å². The molecule has 5 N–H and O–H groups in total. The molecule has 0 fully saturated rings. The lowest BCUT2D eigenvalue weighted by molar-refractivity contribution is 0.102. The summed E-state index contributed by atoms with van der Waals surface area (Å²) >= 11 is 0. The number of fused-ring (bicyclic) bond motifs is 1. The Hall–Kier alpha value is -3.72. The van der Waals surface area contributed by atoms with E-state index in [1.54, 1.807) is 18.2 Å². The van der Waals surface area contributed by atoms with Gasteiger partial charge in [-0.1, -0.05) is 12.1 Å². The Bertz CT molecular complexity index is 1070. The maximum absolute atomic E-state index is 12.4. The van der Waals surface area contributed by atoms with Gasteiger partial charge < -0.3 is 20.7 Å². The average Bonchev–Trinajstić information content (AvgIpc) is 3.35. The number of aromatic amines is 2. The fourth-order valence-electron chi connectivity index (χ4n) is 2.69. The molecule has 1 aromatic carbocycles. The predicted octanol–water partition coefficient (Wildman–Crippen LogP) is 2.39. The third-order valence-corrected chi connectivity index (χ3v) is 4.16. The first kappa shape index (κ1) is 17.7. The number of nitrogens with zero attached hydrogens (tertiary/aromatic N) is 3. The Balaban J connectivity index is 1.45. The number of H-pyrrole nitrogens is 2. The number of aliphatic hydroxyl groups is 1. The van der Waals surface area contributed by atoms with Crippen molar-refractivity contribution >= 4 is 28.6 Å². The van der Waals surface area contributed by atoms with Crippen molar-refractivity contribution in [3.05, 3.63) is 54.2 Å². The highest BCUT2D eigenvalue weighted by Gasteiger charge is 2.12. The van der Waals surface area contributed by atoms with Gasteiger partial charge in [0.05, 0.1) is 23.2 Å². The van der Waals surface area contributed by atoms with Crippen molar-refractivity contribution in [1.29, 1.82) is 0 Å². The van der Waals surface area contributed by atoms with E-state index in [4.69, 9.17) is 5.11 Å². The molecule has 9 heteroatoms. The molecule has 0 radical (unpaired) electrons. The van der Waals surface area contributed by atoms with Crippen LogP contribution in [0.25, 0.3) is 22.6 Å². The average molecular weight is 377 g/mol. The molecular weight excluding hydrogens is 358 g/mol. The van der Waals surface area contributed by atoms with Crippen LogP contribution in [-0.2, 0) is 0 Å². The molecular formula is C19H19N7O2. The van der Waals surface area contributed by atoms with Crippen LogP contribution < -0.4 is 10.6 Å². The number of para-hydroxylation sites is 2. The number of pyridine rings is 1. The van der Waals surface area contributed by atoms with Crippen molar-refractivity contribution in [3.8, 4) is 11.5 Å². The van der Waals surface area contributed by atoms with E-state index >= 15 is 0 Å². The summed E-state index contributed by atoms with van der Waals surface area (Å²) in [5, 5.41) is 21.8. The van der Waals surface area contributed by atoms with Gasteiger partial charge in [-0.2, -0.15) is 5.10 Å². The number of imidazole rings is 1. The zero-order chi connectivity index (χ0) is 19.5. The quantitative estimate of drug-likeness (QED) is 0.351. The lowest BCUT2D eigenvalue weighted by Gasteiger charge is -2.11. The minimum atomic E-state index is -0.322. The van der Waals surface area contributed by atoms with Crippen molar-refractivity contribution in [3.63, 3.8) is 0 Å². The minimum Gasteiger partial charge on any atom is -0.394 e. The molecule has 0 bridgehead atoms. The second kappa shape index (κ2) is 7.49. The topological polar surface area (TPSA) is 132 Å². The van der Waals surface area contributed by atoms with E-state index in [0.717, 1.165) is 11.0 Å². The van der Waals surface area contributed by atoms with E-state index in [1.807, 2.05) is 31.2 Å². The first-order valence-electron chi connectivity index (χ1n) is 8.77. The van der Waals surface area contributed by atoms with Crippen LogP contribution >= 0.6 is 0 Å². The molecule has 0 spiro atoms. The largest absolute Gasteiger partial charge is 0.394 e. The summed E-state index contributed by atoms with van der Waals surface area (Å²) in [5.74, 6) is 1.29. The molecule has 0 aliphatic carbocycles. The normalized spacial score (nSPS) is 12.1. The van der Waals surface area contributed by atoms with Crippen LogP contribution in [0.15, 0.2) is 48.7 Å². The smallest absolute Gasteiger partial charge is 0.258 e. The van der Waals surface area contributed by atoms with Crippen LogP contribution in [0.1, 0.15) is 17.3 Å². The minimum absolute atomic E-state index is 0.00333. The number of aromatic nitrogens is 5. The van der Waals surface area contributed by atoms with E-state index < -0.39 is 0 Å². The number of hydrogen-bond acceptors (Lipinski definition) is 6. The number of carbonyl (C=O) groups excluding carboxylic acids is 1. The van der Waals surface area contributed by atoms with Gasteiger partial charge in [-0.15, -0.1) is 0 Å². The molecule has 4 rings (SSSR count). The van der Waals surface area contributed by atoms with Crippen molar-refractivity contribution in [2.75, 3.05) is 17.2 Å². The standard InChI is InChI=1S/C19H19N7O2/c1-11(10-27)21-16-7-6-12(9-20-16)19(28)24-17-8-15(25-26-17)18-22-13-4-2-3-5-14(13)23-18/h2-9,11,27H,10H2,1H3,(H,20,21)(H,22,23)(H2,24,25,26,28)/t11-/m1/s1. The predicted molar refractivity (Wildman–Crippen MR) is 106 cm³/mol. The maximum atomic E-state index is 12.4. The second-order valence-electron chi connectivity index (χ2n) is 6.38. The van der Waals surface area contributed by atoms with Crippen LogP contribution in [-0.4, -0.2) is 48.8 Å². The summed E-state index contributed by atoms with van der Waals surface area (Å²) < 4.78 is 0. The Kier molecular flexibility index (Phi) is 4.73. The van der Waals surface area contributed by atoms with E-state index in [-0.39, 0.29) is 18.6 Å². The first-order valence-corrected chi connectivity index (χ1v) is 8.77. The van der Waals surface area contributed by atoms with Gasteiger partial charge >= 0.3 is 0 Å². The monoisotopic (exact) mass is 377 g/mol. The number of rotatable bonds is 6. The Morgan fingerprint density at radius 1 is 1.21 bits per heavy atom. The highest BCUT2D eigenvalue weighted by Crippen LogP contribution is 2.21. The lowest BCUT2D eigenvalue weighted by atomic mass is 10.2. The van der Waals surface area contributed by atoms with Crippen molar-refractivity contribution < 1.29 is 9.90 Å². The molecule has 142 valence electrons. The van der Waals surface area contributed by atoms with Crippen LogP contribution in [0.3, 0.4) is 0 Å². The van der Waals surface area contributed by atoms with Crippen molar-refractivity contribution in [2.24, 2.45) is 0 Å². The molecule has 0 saturated carbocycles. The first-order chi connectivity index (χ1) is 13.6. The summed E-state index contributed by atoms with van der Waals surface area (Å²) in [6.45, 7) is 1.83. The maximum Gasteiger partial charge on any atom is 0.258 e. The summed E-state index contributed by atoms with van der Waals surface area (Å²) in [4.78, 5) is 24.3. The molecule has 0 saturated heterocycles. The number of carbonyl (C=O) groups is 1. The highest BCUT2D eigenvalue weighted by molar-refractivity contribution is 6.03. The SMILES string of the molecule is C[C@H](CO)Nc1ccc(C(=O)Nc2cc(-c3nc4ccccc4[nH]3)[nH]n2)cn1. The number of benzene rings is 1. The molecule has 0 aliphatic rings. The number of nitrogens with one attached hydrogen (secondary N) is 4. The number of aliphatic hydroxyl groups excluding tert-OH is 1. The van der Waals surface area contributed by atoms with Gasteiger partial charge in [0.15, 0.2) is 11.6 Å². The zero-order valence-corrected chi connectivity index (χ0v) is 15.1. The highest BCUT2D eigenvalue weighted by atomic mass is 16.3. The molecule has 1 atom stereocenters. The molecule has 1 amide bonds. The zero-order valence-electron chi connectivity index (χ0n) is 15.1. The van der Waals surface area contributed by atoms with Gasteiger partial charge in [0.25, 0.3) is 5.91 Å². The molecule has 4 aromatic rings. The summed E-state index contributed by atoms with van der Waals surface area (Å²) in [6.07, 6.45) is 1.47. The van der Waals surface area contributed by atoms with E-state index in [1.165, 1.54) is 6.20 Å². The molecule has 9 nitrogen and oxygen atoms in total. The third-order valence-electron chi connectivity index (χ3n) is 4.16. The molecule has 0 aliphatic heterocycles. The Morgan fingerprint density at radius 3 is 2.82 bits per heavy atom. The van der Waals surface area contributed by atoms with Crippen LogP contribution in [0.2, 0.25) is 0 Å². The van der Waals surface area contributed by atoms with Gasteiger partial charge in [0, 0.05) is 18.3 Å². The van der Waals surface area contributed by atoms with Crippen molar-refractivity contribution in [1.82, 2.24) is 25.1 Å². The summed E-state index contributed by atoms with van der Waals surface area (Å²) in [7, 11) is 0. The van der Waals surface area contributed by atoms with Gasteiger partial charge in [-0.3, -0.25) is 9.89 Å². The number of anilines is 2.